The van der Waals surface area contributed by atoms with Gasteiger partial charge in [0.05, 0.1) is 32.5 Å². The summed E-state index contributed by atoms with van der Waals surface area (Å²) in [6.45, 7) is 15.7. The van der Waals surface area contributed by atoms with E-state index in [4.69, 9.17) is 14.2 Å². The van der Waals surface area contributed by atoms with Crippen LogP contribution >= 0.6 is 0 Å². The molecule has 8 heteroatoms. The number of amides is 2. The molecule has 9 atom stereocenters. The van der Waals surface area contributed by atoms with Crippen LogP contribution in [0.25, 0.3) is 0 Å². The zero-order valence-electron chi connectivity index (χ0n) is 28.1. The molecule has 0 aromatic rings. The standard InChI is InChI=1S/C35H62N2O6/c1-24(7-12-31(39)36-17-19-41-21-22-42-20-18-37-32(40)43-33(2,3)4)28-10-11-29-27-9-8-25-23-26(38)13-15-34(25,5)30(27)14-16-35(28,29)6/h24-30,38H,7-23H2,1-6H3,(H,36,39)(H,37,40)/t24-,25-,26-,27+,28-,29+,30+,34+,35-/m1/s1. The van der Waals surface area contributed by atoms with Crippen molar-refractivity contribution in [1.82, 2.24) is 10.6 Å². The summed E-state index contributed by atoms with van der Waals surface area (Å²) < 4.78 is 16.2. The van der Waals surface area contributed by atoms with Crippen LogP contribution in [0.2, 0.25) is 0 Å². The van der Waals surface area contributed by atoms with Crippen molar-refractivity contribution < 1.29 is 28.9 Å². The van der Waals surface area contributed by atoms with Crippen LogP contribution in [0.15, 0.2) is 0 Å². The number of rotatable bonds is 13. The van der Waals surface area contributed by atoms with Gasteiger partial charge < -0.3 is 30.0 Å². The van der Waals surface area contributed by atoms with E-state index >= 15 is 0 Å². The number of carbonyl (C=O) groups excluding carboxylic acids is 2. The van der Waals surface area contributed by atoms with Crippen molar-refractivity contribution in [2.24, 2.45) is 46.3 Å². The third-order valence-electron chi connectivity index (χ3n) is 12.1. The Morgan fingerprint density at radius 1 is 0.860 bits per heavy atom. The van der Waals surface area contributed by atoms with Crippen LogP contribution in [0.1, 0.15) is 112 Å². The molecule has 4 aliphatic rings. The fourth-order valence-electron chi connectivity index (χ4n) is 9.98. The minimum Gasteiger partial charge on any atom is -0.444 e. The molecule has 4 rings (SSSR count). The molecule has 0 bridgehead atoms. The van der Waals surface area contributed by atoms with Gasteiger partial charge >= 0.3 is 6.09 Å². The van der Waals surface area contributed by atoms with Crippen LogP contribution in [0.4, 0.5) is 4.79 Å². The smallest absolute Gasteiger partial charge is 0.407 e. The molecule has 3 N–H and O–H groups in total. The second kappa shape index (κ2) is 14.8. The lowest BCUT2D eigenvalue weighted by atomic mass is 9.44. The fourth-order valence-corrected chi connectivity index (χ4v) is 9.98. The molecule has 0 unspecified atom stereocenters. The monoisotopic (exact) mass is 606 g/mol. The zero-order valence-corrected chi connectivity index (χ0v) is 28.1. The Morgan fingerprint density at radius 3 is 2.21 bits per heavy atom. The Bertz CT molecular complexity index is 922. The van der Waals surface area contributed by atoms with Crippen molar-refractivity contribution in [3.63, 3.8) is 0 Å². The Morgan fingerprint density at radius 2 is 1.51 bits per heavy atom. The minimum atomic E-state index is -0.510. The molecule has 8 nitrogen and oxygen atoms in total. The molecule has 0 heterocycles. The van der Waals surface area contributed by atoms with Crippen LogP contribution in [0.3, 0.4) is 0 Å². The summed E-state index contributed by atoms with van der Waals surface area (Å²) in [5.41, 5.74) is 0.336. The highest BCUT2D eigenvalue weighted by atomic mass is 16.6. The van der Waals surface area contributed by atoms with Gasteiger partial charge in [0.15, 0.2) is 0 Å². The number of carbonyl (C=O) groups is 2. The fraction of sp³-hybridized carbons (Fsp3) is 0.943. The average molecular weight is 607 g/mol. The van der Waals surface area contributed by atoms with E-state index < -0.39 is 11.7 Å². The third-order valence-corrected chi connectivity index (χ3v) is 12.1. The molecule has 248 valence electrons. The molecule has 0 radical (unpaired) electrons. The SMILES string of the molecule is C[C@H](CCC(=O)NCCOCCOCCNC(=O)OC(C)(C)C)[C@H]1CC[C@H]2[C@@H]3CC[C@@H]4C[C@H](O)CC[C@]4(C)[C@H]3CC[C@]12C. The maximum Gasteiger partial charge on any atom is 0.407 e. The highest BCUT2D eigenvalue weighted by Crippen LogP contribution is 2.68. The van der Waals surface area contributed by atoms with Gasteiger partial charge in [-0.2, -0.15) is 0 Å². The molecule has 4 fully saturated rings. The maximum absolute atomic E-state index is 12.6. The lowest BCUT2D eigenvalue weighted by Crippen LogP contribution is -2.54. The number of aliphatic hydroxyl groups excluding tert-OH is 1. The van der Waals surface area contributed by atoms with Crippen molar-refractivity contribution in [3.8, 4) is 0 Å². The highest BCUT2D eigenvalue weighted by Gasteiger charge is 2.60. The molecule has 4 saturated carbocycles. The first-order chi connectivity index (χ1) is 20.3. The number of hydrogen-bond acceptors (Lipinski definition) is 6. The summed E-state index contributed by atoms with van der Waals surface area (Å²) in [6, 6.07) is 0. The average Bonchev–Trinajstić information content (AvgIpc) is 3.29. The molecule has 2 amide bonds. The first-order valence-electron chi connectivity index (χ1n) is 17.4. The van der Waals surface area contributed by atoms with Gasteiger partial charge in [0, 0.05) is 19.5 Å². The van der Waals surface area contributed by atoms with Gasteiger partial charge in [0.2, 0.25) is 5.91 Å². The van der Waals surface area contributed by atoms with E-state index in [0.717, 1.165) is 42.9 Å². The Kier molecular flexibility index (Phi) is 11.9. The van der Waals surface area contributed by atoms with Crippen molar-refractivity contribution in [2.45, 2.75) is 124 Å². The molecule has 43 heavy (non-hydrogen) atoms. The van der Waals surface area contributed by atoms with E-state index in [9.17, 15) is 14.7 Å². The van der Waals surface area contributed by atoms with Crippen molar-refractivity contribution in [1.29, 1.82) is 0 Å². The lowest BCUT2D eigenvalue weighted by molar-refractivity contribution is -0.130. The summed E-state index contributed by atoms with van der Waals surface area (Å²) in [7, 11) is 0. The molecule has 0 aromatic heterocycles. The van der Waals surface area contributed by atoms with Crippen LogP contribution in [0, 0.1) is 46.3 Å². The third kappa shape index (κ3) is 8.66. The van der Waals surface area contributed by atoms with Gasteiger partial charge in [0.1, 0.15) is 5.60 Å². The summed E-state index contributed by atoms with van der Waals surface area (Å²) in [5.74, 6) is 4.64. The maximum atomic E-state index is 12.6. The van der Waals surface area contributed by atoms with E-state index in [1.807, 2.05) is 20.8 Å². The zero-order chi connectivity index (χ0) is 31.3. The van der Waals surface area contributed by atoms with Crippen LogP contribution < -0.4 is 10.6 Å². The van der Waals surface area contributed by atoms with Crippen molar-refractivity contribution in [3.05, 3.63) is 0 Å². The molecule has 0 spiro atoms. The Hall–Kier alpha value is -1.38. The second-order valence-corrected chi connectivity index (χ2v) is 15.8. The molecular weight excluding hydrogens is 544 g/mol. The molecule has 4 aliphatic carbocycles. The van der Waals surface area contributed by atoms with E-state index in [0.29, 0.717) is 68.6 Å². The summed E-state index contributed by atoms with van der Waals surface area (Å²) in [4.78, 5) is 24.2. The normalized spacial score (nSPS) is 36.2. The van der Waals surface area contributed by atoms with Gasteiger partial charge in [-0.3, -0.25) is 4.79 Å². The number of hydrogen-bond donors (Lipinski definition) is 3. The predicted octanol–water partition coefficient (Wildman–Crippen LogP) is 6.10. The molecule has 0 saturated heterocycles. The van der Waals surface area contributed by atoms with E-state index in [1.54, 1.807) is 0 Å². The quantitative estimate of drug-likeness (QED) is 0.219. The van der Waals surface area contributed by atoms with Crippen molar-refractivity contribution in [2.75, 3.05) is 39.5 Å². The second-order valence-electron chi connectivity index (χ2n) is 15.8. The van der Waals surface area contributed by atoms with Crippen LogP contribution in [-0.2, 0) is 19.0 Å². The lowest BCUT2D eigenvalue weighted by Gasteiger charge is -2.61. The van der Waals surface area contributed by atoms with Gasteiger partial charge in [-0.05, 0) is 131 Å². The van der Waals surface area contributed by atoms with Crippen LogP contribution in [0.5, 0.6) is 0 Å². The first-order valence-corrected chi connectivity index (χ1v) is 17.4. The van der Waals surface area contributed by atoms with Gasteiger partial charge in [-0.1, -0.05) is 20.8 Å². The van der Waals surface area contributed by atoms with E-state index in [1.165, 1.54) is 44.9 Å². The van der Waals surface area contributed by atoms with Gasteiger partial charge in [-0.25, -0.2) is 4.79 Å². The van der Waals surface area contributed by atoms with E-state index in [-0.39, 0.29) is 12.0 Å². The number of alkyl carbamates (subject to hydrolysis) is 1. The van der Waals surface area contributed by atoms with Gasteiger partial charge in [-0.15, -0.1) is 0 Å². The Labute approximate surface area is 261 Å². The Balaban J connectivity index is 1.08. The molecule has 0 aliphatic heterocycles. The largest absolute Gasteiger partial charge is 0.444 e. The highest BCUT2D eigenvalue weighted by molar-refractivity contribution is 5.75. The molecular formula is C35H62N2O6. The number of fused-ring (bicyclic) bond motifs is 5. The topological polar surface area (TPSA) is 106 Å². The first kappa shape index (κ1) is 34.5. The minimum absolute atomic E-state index is 0.0722. The van der Waals surface area contributed by atoms with Gasteiger partial charge in [0.25, 0.3) is 0 Å². The summed E-state index contributed by atoms with van der Waals surface area (Å²) >= 11 is 0. The number of aliphatic hydroxyl groups is 1. The van der Waals surface area contributed by atoms with Crippen LogP contribution in [-0.4, -0.2) is 68.3 Å². The van der Waals surface area contributed by atoms with E-state index in [2.05, 4.69) is 31.4 Å². The van der Waals surface area contributed by atoms with Crippen molar-refractivity contribution >= 4 is 12.0 Å². The summed E-state index contributed by atoms with van der Waals surface area (Å²) in [5, 5.41) is 16.0. The predicted molar refractivity (Wildman–Crippen MR) is 169 cm³/mol. The molecule has 0 aromatic carbocycles. The number of nitrogens with one attached hydrogen (secondary N) is 2. The summed E-state index contributed by atoms with van der Waals surface area (Å²) in [6.07, 6.45) is 12.3. The number of ether oxygens (including phenoxy) is 3.